The van der Waals surface area contributed by atoms with E-state index in [1.54, 1.807) is 0 Å². The minimum atomic E-state index is -4.26. The Balaban J connectivity index is 2.36. The van der Waals surface area contributed by atoms with Gasteiger partial charge in [-0.05, 0) is 12.8 Å². The summed E-state index contributed by atoms with van der Waals surface area (Å²) in [6, 6.07) is 1.30. The molecule has 0 amide bonds. The molecule has 20 heavy (non-hydrogen) atoms. The Labute approximate surface area is 121 Å². The van der Waals surface area contributed by atoms with E-state index in [1.807, 2.05) is 20.8 Å². The van der Waals surface area contributed by atoms with Gasteiger partial charge in [0.25, 0.3) is 0 Å². The van der Waals surface area contributed by atoms with Crippen molar-refractivity contribution in [2.24, 2.45) is 0 Å². The van der Waals surface area contributed by atoms with Crippen LogP contribution in [-0.4, -0.2) is 28.7 Å². The van der Waals surface area contributed by atoms with Gasteiger partial charge in [-0.25, -0.2) is 9.97 Å². The highest BCUT2D eigenvalue weighted by Gasteiger charge is 2.39. The molecule has 0 spiro atoms. The summed E-state index contributed by atoms with van der Waals surface area (Å²) in [5, 5.41) is 0.174. The molecule has 0 atom stereocenters. The van der Waals surface area contributed by atoms with E-state index in [1.165, 1.54) is 11.0 Å². The molecule has 2 rings (SSSR count). The SMILES string of the molecule is CC(C)(C)c1nc(Cl)cc(N(CC(F)(F)F)C2CC2)n1. The molecule has 0 bridgehead atoms. The van der Waals surface area contributed by atoms with Crippen LogP contribution < -0.4 is 4.90 Å². The van der Waals surface area contributed by atoms with Crippen molar-refractivity contribution in [1.82, 2.24) is 9.97 Å². The molecule has 0 unspecified atom stereocenters. The molecule has 0 aliphatic heterocycles. The predicted molar refractivity (Wildman–Crippen MR) is 72.2 cm³/mol. The van der Waals surface area contributed by atoms with Gasteiger partial charge in [-0.3, -0.25) is 0 Å². The van der Waals surface area contributed by atoms with Gasteiger partial charge in [-0.2, -0.15) is 13.2 Å². The molecule has 3 nitrogen and oxygen atoms in total. The van der Waals surface area contributed by atoms with Crippen LogP contribution in [0.4, 0.5) is 19.0 Å². The average Bonchev–Trinajstić information content (AvgIpc) is 3.06. The lowest BCUT2D eigenvalue weighted by Gasteiger charge is -2.26. The van der Waals surface area contributed by atoms with Crippen LogP contribution in [0.3, 0.4) is 0 Å². The summed E-state index contributed by atoms with van der Waals surface area (Å²) in [4.78, 5) is 9.67. The zero-order chi connectivity index (χ0) is 15.1. The molecule has 1 aromatic heterocycles. The summed E-state index contributed by atoms with van der Waals surface area (Å²) in [7, 11) is 0. The van der Waals surface area contributed by atoms with Gasteiger partial charge in [-0.15, -0.1) is 0 Å². The summed E-state index contributed by atoms with van der Waals surface area (Å²) in [5.74, 6) is 0.711. The van der Waals surface area contributed by atoms with Gasteiger partial charge in [0.2, 0.25) is 0 Å². The normalized spacial score (nSPS) is 16.4. The van der Waals surface area contributed by atoms with Crippen molar-refractivity contribution in [2.75, 3.05) is 11.4 Å². The van der Waals surface area contributed by atoms with Crippen LogP contribution in [0.25, 0.3) is 0 Å². The number of aromatic nitrogens is 2. The Bertz CT molecular complexity index is 493. The van der Waals surface area contributed by atoms with Crippen LogP contribution in [0.5, 0.6) is 0 Å². The first-order valence-electron chi connectivity index (χ1n) is 6.45. The maximum absolute atomic E-state index is 12.7. The second-order valence-electron chi connectivity index (χ2n) is 6.10. The molecule has 0 N–H and O–H groups in total. The van der Waals surface area contributed by atoms with E-state index >= 15 is 0 Å². The molecule has 0 aromatic carbocycles. The first-order chi connectivity index (χ1) is 9.06. The average molecular weight is 308 g/mol. The minimum absolute atomic E-state index is 0.101. The van der Waals surface area contributed by atoms with Crippen LogP contribution in [0, 0.1) is 0 Å². The predicted octanol–water partition coefficient (Wildman–Crippen LogP) is 3.96. The number of alkyl halides is 3. The molecule has 7 heteroatoms. The third-order valence-electron chi connectivity index (χ3n) is 2.98. The van der Waals surface area contributed by atoms with E-state index in [2.05, 4.69) is 9.97 Å². The fourth-order valence-electron chi connectivity index (χ4n) is 1.86. The Morgan fingerprint density at radius 1 is 1.25 bits per heavy atom. The van der Waals surface area contributed by atoms with Crippen molar-refractivity contribution < 1.29 is 13.2 Å². The quantitative estimate of drug-likeness (QED) is 0.792. The number of nitrogens with zero attached hydrogens (tertiary/aromatic N) is 3. The van der Waals surface area contributed by atoms with E-state index < -0.39 is 12.7 Å². The van der Waals surface area contributed by atoms with E-state index in [9.17, 15) is 13.2 Å². The van der Waals surface area contributed by atoms with Gasteiger partial charge >= 0.3 is 6.18 Å². The fraction of sp³-hybridized carbons (Fsp3) is 0.692. The van der Waals surface area contributed by atoms with Crippen molar-refractivity contribution in [3.8, 4) is 0 Å². The number of hydrogen-bond acceptors (Lipinski definition) is 3. The van der Waals surface area contributed by atoms with Crippen LogP contribution in [-0.2, 0) is 5.41 Å². The highest BCUT2D eigenvalue weighted by molar-refractivity contribution is 6.29. The Morgan fingerprint density at radius 3 is 2.30 bits per heavy atom. The fourth-order valence-corrected chi connectivity index (χ4v) is 2.04. The molecule has 1 aromatic rings. The topological polar surface area (TPSA) is 29.0 Å². The van der Waals surface area contributed by atoms with Gasteiger partial charge in [-0.1, -0.05) is 32.4 Å². The molecular formula is C13H17ClF3N3. The summed E-state index contributed by atoms with van der Waals surface area (Å²) in [6.45, 7) is 4.68. The van der Waals surface area contributed by atoms with Gasteiger partial charge < -0.3 is 4.90 Å². The van der Waals surface area contributed by atoms with E-state index in [0.29, 0.717) is 5.82 Å². The minimum Gasteiger partial charge on any atom is -0.344 e. The maximum atomic E-state index is 12.7. The first-order valence-corrected chi connectivity index (χ1v) is 6.82. The van der Waals surface area contributed by atoms with Gasteiger partial charge in [0.15, 0.2) is 0 Å². The van der Waals surface area contributed by atoms with E-state index in [-0.39, 0.29) is 22.4 Å². The smallest absolute Gasteiger partial charge is 0.344 e. The lowest BCUT2D eigenvalue weighted by Crippen LogP contribution is -2.37. The molecule has 1 fully saturated rings. The maximum Gasteiger partial charge on any atom is 0.405 e. The lowest BCUT2D eigenvalue weighted by molar-refractivity contribution is -0.120. The molecule has 1 aliphatic rings. The second kappa shape index (κ2) is 5.06. The number of rotatable bonds is 3. The summed E-state index contributed by atoms with van der Waals surface area (Å²) >= 11 is 5.94. The third kappa shape index (κ3) is 3.98. The molecule has 1 aliphatic carbocycles. The Hall–Kier alpha value is -1.04. The van der Waals surface area contributed by atoms with Crippen molar-refractivity contribution in [3.63, 3.8) is 0 Å². The second-order valence-corrected chi connectivity index (χ2v) is 6.48. The van der Waals surface area contributed by atoms with Crippen LogP contribution in [0.15, 0.2) is 6.07 Å². The molecule has 0 radical (unpaired) electrons. The van der Waals surface area contributed by atoms with Crippen LogP contribution >= 0.6 is 11.6 Å². The van der Waals surface area contributed by atoms with Crippen molar-refractivity contribution in [1.29, 1.82) is 0 Å². The molecule has 1 saturated carbocycles. The highest BCUT2D eigenvalue weighted by atomic mass is 35.5. The molecular weight excluding hydrogens is 291 g/mol. The van der Waals surface area contributed by atoms with Gasteiger partial charge in [0.1, 0.15) is 23.3 Å². The van der Waals surface area contributed by atoms with Crippen LogP contribution in [0.2, 0.25) is 5.15 Å². The zero-order valence-corrected chi connectivity index (χ0v) is 12.4. The van der Waals surface area contributed by atoms with E-state index in [0.717, 1.165) is 12.8 Å². The third-order valence-corrected chi connectivity index (χ3v) is 3.18. The largest absolute Gasteiger partial charge is 0.405 e. The molecule has 0 saturated heterocycles. The number of halogens is 4. The van der Waals surface area contributed by atoms with Crippen molar-refractivity contribution in [2.45, 2.75) is 51.2 Å². The first kappa shape index (κ1) is 15.4. The molecule has 1 heterocycles. The highest BCUT2D eigenvalue weighted by Crippen LogP contribution is 2.35. The Kier molecular flexibility index (Phi) is 3.88. The van der Waals surface area contributed by atoms with Crippen molar-refractivity contribution in [3.05, 3.63) is 17.0 Å². The molecule has 112 valence electrons. The summed E-state index contributed by atoms with van der Waals surface area (Å²) < 4.78 is 38.1. The van der Waals surface area contributed by atoms with Crippen LogP contribution in [0.1, 0.15) is 39.4 Å². The van der Waals surface area contributed by atoms with Crippen molar-refractivity contribution >= 4 is 17.4 Å². The van der Waals surface area contributed by atoms with Gasteiger partial charge in [0.05, 0.1) is 0 Å². The standard InChI is InChI=1S/C13H17ClF3N3/c1-12(2,3)11-18-9(14)6-10(19-11)20(8-4-5-8)7-13(15,16)17/h6,8H,4-5,7H2,1-3H3. The lowest BCUT2D eigenvalue weighted by atomic mass is 9.96. The number of hydrogen-bond donors (Lipinski definition) is 0. The van der Waals surface area contributed by atoms with E-state index in [4.69, 9.17) is 11.6 Å². The Morgan fingerprint density at radius 2 is 1.85 bits per heavy atom. The summed E-state index contributed by atoms with van der Waals surface area (Å²) in [5.41, 5.74) is -0.368. The number of anilines is 1. The summed E-state index contributed by atoms with van der Waals surface area (Å²) in [6.07, 6.45) is -2.76. The zero-order valence-electron chi connectivity index (χ0n) is 11.6. The monoisotopic (exact) mass is 307 g/mol. The van der Waals surface area contributed by atoms with Gasteiger partial charge in [0, 0.05) is 17.5 Å².